The Labute approximate surface area is 364 Å². The van der Waals surface area contributed by atoms with Crippen molar-refractivity contribution in [2.24, 2.45) is 0 Å². The van der Waals surface area contributed by atoms with E-state index in [9.17, 15) is 0 Å². The molecular weight excluding hydrogens is 745 g/mol. The van der Waals surface area contributed by atoms with Crippen molar-refractivity contribution in [3.8, 4) is 22.3 Å². The summed E-state index contributed by atoms with van der Waals surface area (Å²) in [5.74, 6) is 0. The second-order valence-corrected chi connectivity index (χ2v) is 16.1. The minimum Gasteiger partial charge on any atom is -0.0622 e. The first-order valence-corrected chi connectivity index (χ1v) is 21.4. The van der Waals surface area contributed by atoms with Gasteiger partial charge in [0, 0.05) is 0 Å². The first kappa shape index (κ1) is 37.0. The summed E-state index contributed by atoms with van der Waals surface area (Å²) in [6, 6.07) is 83.4. The van der Waals surface area contributed by atoms with E-state index in [0.29, 0.717) is 0 Å². The molecule has 0 fully saturated rings. The van der Waals surface area contributed by atoms with Gasteiger partial charge in [-0.1, -0.05) is 206 Å². The van der Waals surface area contributed by atoms with Crippen LogP contribution in [0.15, 0.2) is 231 Å². The molecule has 0 unspecified atom stereocenters. The Balaban J connectivity index is 1.08. The first-order chi connectivity index (χ1) is 30.7. The molecule has 0 N–H and O–H groups in total. The second-order valence-electron chi connectivity index (χ2n) is 16.1. The maximum absolute atomic E-state index is 2.47. The van der Waals surface area contributed by atoms with E-state index in [2.05, 4.69) is 255 Å². The fourth-order valence-corrected chi connectivity index (χ4v) is 9.21. The summed E-state index contributed by atoms with van der Waals surface area (Å²) in [5.41, 5.74) is 24.5. The van der Waals surface area contributed by atoms with Crippen molar-refractivity contribution in [2.75, 3.05) is 0 Å². The standard InChI is InChI=1S/C62H42/c1-7-19-43(20-8-1)35-57-55-39-45(37-53(47-23-11-3-12-24-47)48-25-13-4-14-26-48)31-33-51(55)59-42-62-58(36-44-21-9-2-10-22-44)56-40-46(32-34-52(56)60(62)41-61(57)59)38-54(49-27-15-5-16-28-49)50-29-17-6-18-30-50/h1-42H/b57-35-,58-36-. The van der Waals surface area contributed by atoms with Crippen molar-refractivity contribution in [2.45, 2.75) is 0 Å². The van der Waals surface area contributed by atoms with E-state index in [1.165, 1.54) is 111 Å². The zero-order valence-electron chi connectivity index (χ0n) is 34.2. The van der Waals surface area contributed by atoms with Crippen molar-refractivity contribution in [3.05, 3.63) is 297 Å². The van der Waals surface area contributed by atoms with Crippen LogP contribution in [0.4, 0.5) is 0 Å². The molecule has 0 radical (unpaired) electrons. The number of rotatable bonds is 8. The van der Waals surface area contributed by atoms with Crippen molar-refractivity contribution in [3.63, 3.8) is 0 Å². The van der Waals surface area contributed by atoms with E-state index in [1.54, 1.807) is 0 Å². The highest BCUT2D eigenvalue weighted by Gasteiger charge is 2.31. The fraction of sp³-hybridized carbons (Fsp3) is 0. The van der Waals surface area contributed by atoms with E-state index in [-0.39, 0.29) is 0 Å². The van der Waals surface area contributed by atoms with E-state index in [0.717, 1.165) is 0 Å². The molecule has 9 aromatic rings. The molecule has 0 amide bonds. The van der Waals surface area contributed by atoms with E-state index < -0.39 is 0 Å². The molecule has 0 nitrogen and oxygen atoms in total. The molecule has 2 aliphatic rings. The molecule has 0 heteroatoms. The molecule has 290 valence electrons. The van der Waals surface area contributed by atoms with Crippen LogP contribution in [0.1, 0.15) is 66.8 Å². The quantitative estimate of drug-likeness (QED) is 0.135. The van der Waals surface area contributed by atoms with Crippen LogP contribution in [0.3, 0.4) is 0 Å². The monoisotopic (exact) mass is 786 g/mol. The van der Waals surface area contributed by atoms with Crippen LogP contribution in [0, 0.1) is 0 Å². The number of hydrogen-bond donors (Lipinski definition) is 0. The van der Waals surface area contributed by atoms with Gasteiger partial charge < -0.3 is 0 Å². The zero-order chi connectivity index (χ0) is 41.2. The largest absolute Gasteiger partial charge is 0.0622 e. The van der Waals surface area contributed by atoms with Gasteiger partial charge in [0.2, 0.25) is 0 Å². The topological polar surface area (TPSA) is 0 Å². The lowest BCUT2D eigenvalue weighted by atomic mass is 9.93. The lowest BCUT2D eigenvalue weighted by molar-refractivity contribution is 1.55. The third-order valence-corrected chi connectivity index (χ3v) is 12.2. The fourth-order valence-electron chi connectivity index (χ4n) is 9.21. The Morgan fingerprint density at radius 1 is 0.226 bits per heavy atom. The van der Waals surface area contributed by atoms with E-state index in [4.69, 9.17) is 0 Å². The summed E-state index contributed by atoms with van der Waals surface area (Å²) in [7, 11) is 0. The Morgan fingerprint density at radius 3 is 0.839 bits per heavy atom. The first-order valence-electron chi connectivity index (χ1n) is 21.4. The van der Waals surface area contributed by atoms with Crippen LogP contribution >= 0.6 is 0 Å². The van der Waals surface area contributed by atoms with Crippen LogP contribution < -0.4 is 0 Å². The van der Waals surface area contributed by atoms with Crippen LogP contribution in [-0.2, 0) is 0 Å². The minimum atomic E-state index is 1.17. The molecule has 0 bridgehead atoms. The van der Waals surface area contributed by atoms with Gasteiger partial charge >= 0.3 is 0 Å². The van der Waals surface area contributed by atoms with Gasteiger partial charge in [0.1, 0.15) is 0 Å². The normalized spacial score (nSPS) is 13.2. The Kier molecular flexibility index (Phi) is 9.65. The summed E-state index contributed by atoms with van der Waals surface area (Å²) in [5, 5.41) is 0. The van der Waals surface area contributed by atoms with Gasteiger partial charge in [0.15, 0.2) is 0 Å². The number of fused-ring (bicyclic) bond motifs is 6. The van der Waals surface area contributed by atoms with Crippen molar-refractivity contribution >= 4 is 46.6 Å². The molecular formula is C62H42. The minimum absolute atomic E-state index is 1.17. The predicted octanol–water partition coefficient (Wildman–Crippen LogP) is 16.0. The van der Waals surface area contributed by atoms with Crippen LogP contribution in [0.5, 0.6) is 0 Å². The number of hydrogen-bond acceptors (Lipinski definition) is 0. The van der Waals surface area contributed by atoms with Gasteiger partial charge in [-0.2, -0.15) is 0 Å². The zero-order valence-corrected chi connectivity index (χ0v) is 34.2. The second kappa shape index (κ2) is 16.2. The molecule has 0 saturated carbocycles. The molecule has 0 spiro atoms. The number of benzene rings is 9. The van der Waals surface area contributed by atoms with Crippen molar-refractivity contribution in [1.29, 1.82) is 0 Å². The summed E-state index contributed by atoms with van der Waals surface area (Å²) in [4.78, 5) is 0. The van der Waals surface area contributed by atoms with Crippen molar-refractivity contribution < 1.29 is 0 Å². The molecule has 0 heterocycles. The maximum Gasteiger partial charge on any atom is -0.00921 e. The van der Waals surface area contributed by atoms with Crippen LogP contribution in [0.2, 0.25) is 0 Å². The van der Waals surface area contributed by atoms with Gasteiger partial charge in [-0.25, -0.2) is 0 Å². The smallest absolute Gasteiger partial charge is 0.00921 e. The molecule has 62 heavy (non-hydrogen) atoms. The SMILES string of the molecule is C(=C(c1ccccc1)c1ccccc1)c1ccc2c(c1)/C(=C/c1ccccc1)c1cc3c(cc1-2)/C(=C\c1ccccc1)c1cc(C=C(c2ccccc2)c2ccccc2)ccc1-3. The van der Waals surface area contributed by atoms with Gasteiger partial charge in [0.25, 0.3) is 0 Å². The molecule has 2 aliphatic carbocycles. The van der Waals surface area contributed by atoms with Gasteiger partial charge in [-0.3, -0.25) is 0 Å². The van der Waals surface area contributed by atoms with E-state index >= 15 is 0 Å². The molecule has 0 atom stereocenters. The lowest BCUT2D eigenvalue weighted by Crippen LogP contribution is -1.89. The Bertz CT molecular complexity index is 2900. The maximum atomic E-state index is 2.47. The Morgan fingerprint density at radius 2 is 0.516 bits per heavy atom. The van der Waals surface area contributed by atoms with Crippen LogP contribution in [0.25, 0.3) is 68.9 Å². The van der Waals surface area contributed by atoms with Gasteiger partial charge in [0.05, 0.1) is 0 Å². The summed E-state index contributed by atoms with van der Waals surface area (Å²) >= 11 is 0. The Hall–Kier alpha value is -8.06. The summed E-state index contributed by atoms with van der Waals surface area (Å²) < 4.78 is 0. The average molecular weight is 787 g/mol. The van der Waals surface area contributed by atoms with Gasteiger partial charge in [-0.15, -0.1) is 0 Å². The molecule has 9 aromatic carbocycles. The third-order valence-electron chi connectivity index (χ3n) is 12.2. The van der Waals surface area contributed by atoms with Crippen LogP contribution in [-0.4, -0.2) is 0 Å². The molecule has 11 rings (SSSR count). The third kappa shape index (κ3) is 7.08. The van der Waals surface area contributed by atoms with E-state index in [1.807, 2.05) is 0 Å². The molecule has 0 aliphatic heterocycles. The highest BCUT2D eigenvalue weighted by atomic mass is 14.3. The predicted molar refractivity (Wildman–Crippen MR) is 264 cm³/mol. The molecule has 0 aromatic heterocycles. The van der Waals surface area contributed by atoms with Crippen molar-refractivity contribution in [1.82, 2.24) is 0 Å². The highest BCUT2D eigenvalue weighted by Crippen LogP contribution is 2.53. The summed E-state index contributed by atoms with van der Waals surface area (Å²) in [6.45, 7) is 0. The lowest BCUT2D eigenvalue weighted by Gasteiger charge is -2.11. The summed E-state index contributed by atoms with van der Waals surface area (Å²) in [6.07, 6.45) is 9.44. The highest BCUT2D eigenvalue weighted by molar-refractivity contribution is 6.14. The average Bonchev–Trinajstić information content (AvgIpc) is 3.80. The van der Waals surface area contributed by atoms with Gasteiger partial charge in [-0.05, 0) is 160 Å². The molecule has 0 saturated heterocycles.